The van der Waals surface area contributed by atoms with Crippen LogP contribution in [0, 0.1) is 0 Å². The Morgan fingerprint density at radius 1 is 1.78 bits per heavy atom. The average molecular weight is 143 g/mol. The van der Waals surface area contributed by atoms with E-state index in [9.17, 15) is 4.79 Å². The number of carboxylic acids is 1. The molecule has 0 aromatic carbocycles. The molecule has 1 heterocycles. The van der Waals surface area contributed by atoms with Crippen molar-refractivity contribution in [3.05, 3.63) is 22.7 Å². The second-order valence-electron chi connectivity index (χ2n) is 1.40. The van der Waals surface area contributed by atoms with Crippen molar-refractivity contribution >= 4 is 17.7 Å². The normalized spacial score (nSPS) is 16.2. The van der Waals surface area contributed by atoms with Crippen LogP contribution < -0.4 is 5.32 Å². The third kappa shape index (κ3) is 1.50. The first-order chi connectivity index (χ1) is 4.30. The van der Waals surface area contributed by atoms with Crippen molar-refractivity contribution in [3.63, 3.8) is 0 Å². The fraction of sp³-hybridized carbons (Fsp3) is 0. The maximum absolute atomic E-state index is 10.2. The van der Waals surface area contributed by atoms with Gasteiger partial charge in [-0.1, -0.05) is 11.8 Å². The summed E-state index contributed by atoms with van der Waals surface area (Å²) in [7, 11) is 0. The minimum Gasteiger partial charge on any atom is -0.477 e. The molecule has 1 aliphatic rings. The topological polar surface area (TPSA) is 49.3 Å². The molecular weight excluding hydrogens is 138 g/mol. The Morgan fingerprint density at radius 2 is 2.56 bits per heavy atom. The van der Waals surface area contributed by atoms with Gasteiger partial charge in [0, 0.05) is 12.4 Å². The van der Waals surface area contributed by atoms with Crippen LogP contribution in [0.5, 0.6) is 0 Å². The van der Waals surface area contributed by atoms with Crippen molar-refractivity contribution < 1.29 is 9.90 Å². The van der Waals surface area contributed by atoms with Crippen LogP contribution in [-0.2, 0) is 4.79 Å². The lowest BCUT2D eigenvalue weighted by Crippen LogP contribution is -2.04. The molecule has 48 valence electrons. The summed E-state index contributed by atoms with van der Waals surface area (Å²) in [5.41, 5.74) is 0. The molecule has 9 heavy (non-hydrogen) atoms. The number of carboxylic acid groups (broad SMARTS) is 1. The van der Waals surface area contributed by atoms with Gasteiger partial charge in [0.25, 0.3) is 0 Å². The first-order valence-corrected chi connectivity index (χ1v) is 3.20. The predicted molar refractivity (Wildman–Crippen MR) is 35.6 cm³/mol. The largest absolute Gasteiger partial charge is 0.477 e. The predicted octanol–water partition coefficient (Wildman–Crippen LogP) is 0.720. The lowest BCUT2D eigenvalue weighted by atomic mass is 10.6. The number of hydrogen-bond donors (Lipinski definition) is 2. The molecule has 0 aliphatic carbocycles. The second kappa shape index (κ2) is 2.59. The maximum Gasteiger partial charge on any atom is 0.344 e. The number of aliphatic carboxylic acids is 1. The lowest BCUT2D eigenvalue weighted by Gasteiger charge is -2.01. The standard InChI is InChI=1S/C5H5NO2S/c7-5(8)4-3-6-1-2-9-4/h1-3,6H,(H,7,8). The van der Waals surface area contributed by atoms with E-state index in [1.165, 1.54) is 18.0 Å². The van der Waals surface area contributed by atoms with Gasteiger partial charge in [-0.25, -0.2) is 4.79 Å². The quantitative estimate of drug-likeness (QED) is 0.568. The Morgan fingerprint density at radius 3 is 2.89 bits per heavy atom. The van der Waals surface area contributed by atoms with Gasteiger partial charge in [0.1, 0.15) is 4.91 Å². The molecule has 3 nitrogen and oxygen atoms in total. The van der Waals surface area contributed by atoms with Crippen molar-refractivity contribution in [2.45, 2.75) is 0 Å². The summed E-state index contributed by atoms with van der Waals surface area (Å²) in [5.74, 6) is -0.892. The number of nitrogens with one attached hydrogen (secondary N) is 1. The van der Waals surface area contributed by atoms with Gasteiger partial charge in [-0.2, -0.15) is 0 Å². The van der Waals surface area contributed by atoms with E-state index in [1.807, 2.05) is 0 Å². The third-order valence-corrected chi connectivity index (χ3v) is 1.60. The molecule has 0 unspecified atom stereocenters. The van der Waals surface area contributed by atoms with E-state index >= 15 is 0 Å². The third-order valence-electron chi connectivity index (χ3n) is 0.784. The zero-order chi connectivity index (χ0) is 6.69. The van der Waals surface area contributed by atoms with Crippen molar-refractivity contribution in [3.8, 4) is 0 Å². The van der Waals surface area contributed by atoms with Crippen molar-refractivity contribution in [2.24, 2.45) is 0 Å². The molecule has 0 aromatic heterocycles. The molecule has 1 rings (SSSR count). The number of hydrogen-bond acceptors (Lipinski definition) is 3. The summed E-state index contributed by atoms with van der Waals surface area (Å²) in [6.07, 6.45) is 3.13. The molecular formula is C5H5NO2S. The van der Waals surface area contributed by atoms with E-state index in [0.29, 0.717) is 4.91 Å². The van der Waals surface area contributed by atoms with Crippen LogP contribution >= 0.6 is 11.8 Å². The monoisotopic (exact) mass is 143 g/mol. The molecule has 0 atom stereocenters. The number of thioether (sulfide) groups is 1. The van der Waals surface area contributed by atoms with Gasteiger partial charge < -0.3 is 10.4 Å². The van der Waals surface area contributed by atoms with Gasteiger partial charge in [0.15, 0.2) is 0 Å². The van der Waals surface area contributed by atoms with E-state index < -0.39 is 5.97 Å². The van der Waals surface area contributed by atoms with E-state index in [0.717, 1.165) is 0 Å². The summed E-state index contributed by atoms with van der Waals surface area (Å²) < 4.78 is 0. The Labute approximate surface area is 56.4 Å². The van der Waals surface area contributed by atoms with Crippen LogP contribution in [0.15, 0.2) is 22.7 Å². The Hall–Kier alpha value is -0.900. The molecule has 0 bridgehead atoms. The maximum atomic E-state index is 10.2. The van der Waals surface area contributed by atoms with Gasteiger partial charge in [0.05, 0.1) is 0 Å². The number of carbonyl (C=O) groups is 1. The van der Waals surface area contributed by atoms with E-state index in [2.05, 4.69) is 5.32 Å². The lowest BCUT2D eigenvalue weighted by molar-refractivity contribution is -0.131. The fourth-order valence-electron chi connectivity index (χ4n) is 0.417. The van der Waals surface area contributed by atoms with Crippen LogP contribution in [0.25, 0.3) is 0 Å². The smallest absolute Gasteiger partial charge is 0.344 e. The van der Waals surface area contributed by atoms with Crippen molar-refractivity contribution in [1.29, 1.82) is 0 Å². The molecule has 0 amide bonds. The summed E-state index contributed by atoms with van der Waals surface area (Å²) in [5, 5.41) is 12.7. The van der Waals surface area contributed by atoms with Crippen LogP contribution in [0.4, 0.5) is 0 Å². The molecule has 0 saturated heterocycles. The van der Waals surface area contributed by atoms with Crippen LogP contribution in [0.3, 0.4) is 0 Å². The van der Waals surface area contributed by atoms with Gasteiger partial charge in [-0.15, -0.1) is 0 Å². The molecule has 4 heteroatoms. The SMILES string of the molecule is O=C(O)C1=CNC=CS1. The van der Waals surface area contributed by atoms with E-state index in [1.54, 1.807) is 11.6 Å². The van der Waals surface area contributed by atoms with Crippen LogP contribution in [-0.4, -0.2) is 11.1 Å². The average Bonchev–Trinajstić information content (AvgIpc) is 1.90. The highest BCUT2D eigenvalue weighted by Crippen LogP contribution is 2.17. The van der Waals surface area contributed by atoms with Gasteiger partial charge >= 0.3 is 5.97 Å². The summed E-state index contributed by atoms with van der Waals surface area (Å²) in [4.78, 5) is 10.5. The number of rotatable bonds is 1. The molecule has 0 fully saturated rings. The summed E-state index contributed by atoms with van der Waals surface area (Å²) in [6, 6.07) is 0. The van der Waals surface area contributed by atoms with Crippen LogP contribution in [0.2, 0.25) is 0 Å². The van der Waals surface area contributed by atoms with Crippen molar-refractivity contribution in [2.75, 3.05) is 0 Å². The minimum atomic E-state index is -0.892. The van der Waals surface area contributed by atoms with Crippen LogP contribution in [0.1, 0.15) is 0 Å². The molecule has 0 radical (unpaired) electrons. The molecule has 0 saturated carbocycles. The van der Waals surface area contributed by atoms with E-state index in [-0.39, 0.29) is 0 Å². The zero-order valence-electron chi connectivity index (χ0n) is 4.50. The highest BCUT2D eigenvalue weighted by molar-refractivity contribution is 8.06. The first kappa shape index (κ1) is 6.22. The van der Waals surface area contributed by atoms with Gasteiger partial charge in [0.2, 0.25) is 0 Å². The minimum absolute atomic E-state index is 0.317. The zero-order valence-corrected chi connectivity index (χ0v) is 5.31. The fourth-order valence-corrected chi connectivity index (χ4v) is 0.947. The van der Waals surface area contributed by atoms with E-state index in [4.69, 9.17) is 5.11 Å². The molecule has 1 aliphatic heterocycles. The Bertz CT molecular complexity index is 185. The Balaban J connectivity index is 2.61. The summed E-state index contributed by atoms with van der Waals surface area (Å²) in [6.45, 7) is 0. The highest BCUT2D eigenvalue weighted by Gasteiger charge is 2.06. The molecule has 0 aromatic rings. The van der Waals surface area contributed by atoms with Crippen molar-refractivity contribution in [1.82, 2.24) is 5.32 Å². The highest BCUT2D eigenvalue weighted by atomic mass is 32.2. The summed E-state index contributed by atoms with van der Waals surface area (Å²) >= 11 is 1.19. The Kier molecular flexibility index (Phi) is 1.79. The van der Waals surface area contributed by atoms with Gasteiger partial charge in [-0.3, -0.25) is 0 Å². The molecule has 0 spiro atoms. The molecule has 2 N–H and O–H groups in total. The van der Waals surface area contributed by atoms with Gasteiger partial charge in [-0.05, 0) is 5.41 Å². The first-order valence-electron chi connectivity index (χ1n) is 2.32. The second-order valence-corrected chi connectivity index (χ2v) is 2.35.